The van der Waals surface area contributed by atoms with Crippen LogP contribution in [0.4, 0.5) is 0 Å². The third kappa shape index (κ3) is 3.48. The molecule has 0 spiro atoms. The zero-order valence-electron chi connectivity index (χ0n) is 16.7. The van der Waals surface area contributed by atoms with Crippen LogP contribution in [-0.4, -0.2) is 28.8 Å². The van der Waals surface area contributed by atoms with Gasteiger partial charge in [0.1, 0.15) is 11.5 Å². The standard InChI is InChI=1S/C24H21NO5/c1-15-11-12-19(30-15)22(26)20-21(17-9-6-10-18(13-17)29-2)25(24(28)23(20)27)14-16-7-4-3-5-8-16/h3-13,21,27H,14H2,1-2H3. The van der Waals surface area contributed by atoms with Gasteiger partial charge in [0.15, 0.2) is 11.5 Å². The van der Waals surface area contributed by atoms with Gasteiger partial charge in [-0.1, -0.05) is 42.5 Å². The van der Waals surface area contributed by atoms with Crippen molar-refractivity contribution in [3.63, 3.8) is 0 Å². The van der Waals surface area contributed by atoms with Gasteiger partial charge in [0, 0.05) is 6.54 Å². The highest BCUT2D eigenvalue weighted by molar-refractivity contribution is 6.15. The Bertz CT molecular complexity index is 1130. The van der Waals surface area contributed by atoms with Gasteiger partial charge in [0.2, 0.25) is 5.78 Å². The number of ketones is 1. The van der Waals surface area contributed by atoms with Crippen molar-refractivity contribution in [3.05, 3.63) is 101 Å². The van der Waals surface area contributed by atoms with Crippen LogP contribution in [0.5, 0.6) is 5.75 Å². The highest BCUT2D eigenvalue weighted by atomic mass is 16.5. The molecule has 1 atom stereocenters. The van der Waals surface area contributed by atoms with Gasteiger partial charge >= 0.3 is 0 Å². The molecule has 6 heteroatoms. The lowest BCUT2D eigenvalue weighted by Gasteiger charge is -2.27. The first kappa shape index (κ1) is 19.5. The second-order valence-corrected chi connectivity index (χ2v) is 7.10. The van der Waals surface area contributed by atoms with E-state index in [-0.39, 0.29) is 17.9 Å². The molecule has 0 fully saturated rings. The predicted octanol–water partition coefficient (Wildman–Crippen LogP) is 4.38. The van der Waals surface area contributed by atoms with Gasteiger partial charge in [-0.3, -0.25) is 9.59 Å². The number of carbonyl (C=O) groups excluding carboxylic acids is 2. The first-order valence-corrected chi connectivity index (χ1v) is 9.52. The van der Waals surface area contributed by atoms with Gasteiger partial charge in [-0.25, -0.2) is 0 Å². The van der Waals surface area contributed by atoms with E-state index in [1.807, 2.05) is 30.3 Å². The minimum absolute atomic E-state index is 0.00136. The molecule has 0 aliphatic carbocycles. The van der Waals surface area contributed by atoms with Crippen molar-refractivity contribution in [1.82, 2.24) is 4.90 Å². The molecule has 1 aromatic heterocycles. The number of benzene rings is 2. The van der Waals surface area contributed by atoms with Gasteiger partial charge in [-0.2, -0.15) is 0 Å². The van der Waals surface area contributed by atoms with Crippen molar-refractivity contribution < 1.29 is 23.8 Å². The van der Waals surface area contributed by atoms with Crippen LogP contribution in [0.1, 0.15) is 33.5 Å². The molecule has 152 valence electrons. The van der Waals surface area contributed by atoms with E-state index >= 15 is 0 Å². The maximum absolute atomic E-state index is 13.2. The molecule has 1 amide bonds. The summed E-state index contributed by atoms with van der Waals surface area (Å²) in [6, 6.07) is 19.0. The third-order valence-corrected chi connectivity index (χ3v) is 5.12. The molecule has 2 heterocycles. The largest absolute Gasteiger partial charge is 0.503 e. The van der Waals surface area contributed by atoms with E-state index in [2.05, 4.69) is 0 Å². The maximum Gasteiger partial charge on any atom is 0.290 e. The van der Waals surface area contributed by atoms with Gasteiger partial charge in [-0.05, 0) is 42.3 Å². The van der Waals surface area contributed by atoms with Crippen molar-refractivity contribution in [2.75, 3.05) is 7.11 Å². The molecule has 3 aromatic rings. The van der Waals surface area contributed by atoms with Crippen LogP contribution in [-0.2, 0) is 11.3 Å². The molecule has 0 radical (unpaired) electrons. The van der Waals surface area contributed by atoms with Crippen LogP contribution in [0.25, 0.3) is 0 Å². The molecule has 6 nitrogen and oxygen atoms in total. The minimum Gasteiger partial charge on any atom is -0.503 e. The van der Waals surface area contributed by atoms with E-state index < -0.39 is 23.5 Å². The van der Waals surface area contributed by atoms with Gasteiger partial charge in [0.25, 0.3) is 5.91 Å². The van der Waals surface area contributed by atoms with E-state index in [4.69, 9.17) is 9.15 Å². The molecule has 30 heavy (non-hydrogen) atoms. The van der Waals surface area contributed by atoms with Crippen LogP contribution < -0.4 is 4.74 Å². The highest BCUT2D eigenvalue weighted by Gasteiger charge is 2.44. The second kappa shape index (κ2) is 7.91. The topological polar surface area (TPSA) is 80.0 Å². The number of ether oxygens (including phenoxy) is 1. The SMILES string of the molecule is COc1cccc(C2C(C(=O)c3ccc(C)o3)=C(O)C(=O)N2Cc2ccccc2)c1. The first-order chi connectivity index (χ1) is 14.5. The number of hydrogen-bond donors (Lipinski definition) is 1. The Kier molecular flexibility index (Phi) is 5.14. The summed E-state index contributed by atoms with van der Waals surface area (Å²) < 4.78 is 10.8. The Morgan fingerprint density at radius 1 is 1.10 bits per heavy atom. The lowest BCUT2D eigenvalue weighted by atomic mass is 9.94. The van der Waals surface area contributed by atoms with Crippen molar-refractivity contribution in [2.24, 2.45) is 0 Å². The Hall–Kier alpha value is -3.80. The predicted molar refractivity (Wildman–Crippen MR) is 110 cm³/mol. The van der Waals surface area contributed by atoms with Gasteiger partial charge in [-0.15, -0.1) is 0 Å². The number of aryl methyl sites for hydroxylation is 1. The summed E-state index contributed by atoms with van der Waals surface area (Å²) in [4.78, 5) is 27.7. The molecular formula is C24H21NO5. The summed E-state index contributed by atoms with van der Waals surface area (Å²) in [5.41, 5.74) is 1.54. The summed E-state index contributed by atoms with van der Waals surface area (Å²) >= 11 is 0. The van der Waals surface area contributed by atoms with E-state index in [1.54, 1.807) is 50.4 Å². The van der Waals surface area contributed by atoms with E-state index in [1.165, 1.54) is 4.90 Å². The van der Waals surface area contributed by atoms with Crippen LogP contribution in [0.2, 0.25) is 0 Å². The second-order valence-electron chi connectivity index (χ2n) is 7.10. The quantitative estimate of drug-likeness (QED) is 0.618. The van der Waals surface area contributed by atoms with Crippen molar-refractivity contribution in [3.8, 4) is 5.75 Å². The highest BCUT2D eigenvalue weighted by Crippen LogP contribution is 2.40. The monoisotopic (exact) mass is 403 g/mol. The average Bonchev–Trinajstić information content (AvgIpc) is 3.31. The van der Waals surface area contributed by atoms with Gasteiger partial charge < -0.3 is 19.2 Å². The van der Waals surface area contributed by atoms with Crippen molar-refractivity contribution in [1.29, 1.82) is 0 Å². The number of methoxy groups -OCH3 is 1. The zero-order valence-corrected chi connectivity index (χ0v) is 16.7. The molecule has 0 saturated carbocycles. The fourth-order valence-corrected chi connectivity index (χ4v) is 3.68. The number of aliphatic hydroxyl groups excluding tert-OH is 1. The van der Waals surface area contributed by atoms with E-state index in [9.17, 15) is 14.7 Å². The number of amides is 1. The molecule has 0 saturated heterocycles. The number of nitrogens with zero attached hydrogens (tertiary/aromatic N) is 1. The fraction of sp³-hybridized carbons (Fsp3) is 0.167. The molecular weight excluding hydrogens is 382 g/mol. The molecule has 0 bridgehead atoms. The smallest absolute Gasteiger partial charge is 0.290 e. The molecule has 2 aromatic carbocycles. The number of carbonyl (C=O) groups is 2. The van der Waals surface area contributed by atoms with Gasteiger partial charge in [0.05, 0.1) is 18.7 Å². The van der Waals surface area contributed by atoms with Crippen LogP contribution in [0.3, 0.4) is 0 Å². The zero-order chi connectivity index (χ0) is 21.3. The van der Waals surface area contributed by atoms with Crippen LogP contribution in [0, 0.1) is 6.92 Å². The number of aliphatic hydroxyl groups is 1. The summed E-state index contributed by atoms with van der Waals surface area (Å²) in [5, 5.41) is 10.7. The van der Waals surface area contributed by atoms with Crippen LogP contribution in [0.15, 0.2) is 82.5 Å². The maximum atomic E-state index is 13.2. The minimum atomic E-state index is -0.772. The summed E-state index contributed by atoms with van der Waals surface area (Å²) in [6.07, 6.45) is 0. The Balaban J connectivity index is 1.81. The molecule has 1 unspecified atom stereocenters. The normalized spacial score (nSPS) is 16.3. The average molecular weight is 403 g/mol. The lowest BCUT2D eigenvalue weighted by molar-refractivity contribution is -0.130. The number of hydrogen-bond acceptors (Lipinski definition) is 5. The Morgan fingerprint density at radius 3 is 2.53 bits per heavy atom. The van der Waals surface area contributed by atoms with E-state index in [0.717, 1.165) is 5.56 Å². The fourth-order valence-electron chi connectivity index (χ4n) is 3.68. The summed E-state index contributed by atoms with van der Waals surface area (Å²) in [7, 11) is 1.55. The van der Waals surface area contributed by atoms with Crippen molar-refractivity contribution in [2.45, 2.75) is 19.5 Å². The van der Waals surface area contributed by atoms with Crippen molar-refractivity contribution >= 4 is 11.7 Å². The molecule has 1 N–H and O–H groups in total. The lowest BCUT2D eigenvalue weighted by Crippen LogP contribution is -2.30. The Labute approximate surface area is 174 Å². The molecule has 1 aliphatic rings. The number of rotatable bonds is 6. The molecule has 1 aliphatic heterocycles. The molecule has 4 rings (SSSR count). The number of Topliss-reactive ketones (excluding diaryl/α,β-unsaturated/α-hetero) is 1. The van der Waals surface area contributed by atoms with E-state index in [0.29, 0.717) is 17.1 Å². The first-order valence-electron chi connectivity index (χ1n) is 9.52. The van der Waals surface area contributed by atoms with Crippen LogP contribution >= 0.6 is 0 Å². The summed E-state index contributed by atoms with van der Waals surface area (Å²) in [6.45, 7) is 1.96. The summed E-state index contributed by atoms with van der Waals surface area (Å²) in [5.74, 6) is -0.432. The third-order valence-electron chi connectivity index (χ3n) is 5.12. The Morgan fingerprint density at radius 2 is 1.87 bits per heavy atom. The number of furan rings is 1.